The van der Waals surface area contributed by atoms with Crippen LogP contribution in [0.4, 0.5) is 0 Å². The third-order valence-corrected chi connectivity index (χ3v) is 7.87. The molecule has 154 valence electrons. The van der Waals surface area contributed by atoms with Crippen molar-refractivity contribution in [1.82, 2.24) is 4.90 Å². The zero-order chi connectivity index (χ0) is 19.9. The Labute approximate surface area is 170 Å². The maximum atomic E-state index is 13.7. The van der Waals surface area contributed by atoms with Crippen molar-refractivity contribution in [3.63, 3.8) is 0 Å². The number of benzene rings is 1. The first-order valence-corrected chi connectivity index (χ1v) is 11.4. The lowest BCUT2D eigenvalue weighted by atomic mass is 9.60. The fourth-order valence-corrected chi connectivity index (χ4v) is 5.71. The summed E-state index contributed by atoms with van der Waals surface area (Å²) >= 11 is 0. The zero-order valence-corrected chi connectivity index (χ0v) is 18.2. The van der Waals surface area contributed by atoms with Crippen LogP contribution in [0.15, 0.2) is 12.1 Å². The number of hydrogen-bond acceptors (Lipinski definition) is 3. The number of ketones is 1. The Morgan fingerprint density at radius 3 is 2.75 bits per heavy atom. The van der Waals surface area contributed by atoms with Crippen LogP contribution in [-0.2, 0) is 16.6 Å². The van der Waals surface area contributed by atoms with Gasteiger partial charge in [0.25, 0.3) is 0 Å². The van der Waals surface area contributed by atoms with Crippen molar-refractivity contribution in [3.05, 3.63) is 34.4 Å². The van der Waals surface area contributed by atoms with Crippen molar-refractivity contribution >= 4 is 5.78 Å². The topological polar surface area (TPSA) is 29.5 Å². The normalized spacial score (nSPS) is 30.2. The molecule has 1 saturated heterocycles. The van der Waals surface area contributed by atoms with Gasteiger partial charge in [0.1, 0.15) is 0 Å². The Morgan fingerprint density at radius 2 is 2.04 bits per heavy atom. The van der Waals surface area contributed by atoms with Crippen LogP contribution in [-0.4, -0.2) is 43.5 Å². The first-order valence-electron chi connectivity index (χ1n) is 11.4. The van der Waals surface area contributed by atoms with Crippen LogP contribution >= 0.6 is 0 Å². The van der Waals surface area contributed by atoms with Gasteiger partial charge in [-0.1, -0.05) is 19.9 Å². The van der Waals surface area contributed by atoms with Gasteiger partial charge in [-0.05, 0) is 98.4 Å². The van der Waals surface area contributed by atoms with E-state index in [0.29, 0.717) is 11.7 Å². The summed E-state index contributed by atoms with van der Waals surface area (Å²) < 4.78 is 5.20. The summed E-state index contributed by atoms with van der Waals surface area (Å²) in [6.45, 7) is 10.0. The Hall–Kier alpha value is -1.19. The molecule has 4 rings (SSSR count). The standard InChI is InChI=1S/C25H37NO2/c1-17-14-22-21(15-20(17)8-5-6-13-28-4)24(27)23-18(2)25(22,3)11-7-12-26(23)16-19-9-10-19/h14-15,18-19,23H,5-13,16H2,1-4H3/t18-,23-,25-/m0/s1. The summed E-state index contributed by atoms with van der Waals surface area (Å²) in [5.74, 6) is 1.61. The molecule has 2 fully saturated rings. The second-order valence-electron chi connectivity index (χ2n) is 9.83. The second-order valence-corrected chi connectivity index (χ2v) is 9.83. The predicted molar refractivity (Wildman–Crippen MR) is 114 cm³/mol. The predicted octanol–water partition coefficient (Wildman–Crippen LogP) is 4.93. The number of likely N-dealkylation sites (tertiary alicyclic amines) is 1. The van der Waals surface area contributed by atoms with Crippen molar-refractivity contribution < 1.29 is 9.53 Å². The van der Waals surface area contributed by atoms with Crippen LogP contribution in [0.25, 0.3) is 0 Å². The van der Waals surface area contributed by atoms with Crippen molar-refractivity contribution in [2.75, 3.05) is 26.8 Å². The number of Topliss-reactive ketones (excluding diaryl/α,β-unsaturated/α-hetero) is 1. The highest BCUT2D eigenvalue weighted by atomic mass is 16.5. The number of fused-ring (bicyclic) bond motifs is 4. The Kier molecular flexibility index (Phi) is 5.68. The molecule has 1 aromatic rings. The molecule has 0 spiro atoms. The quantitative estimate of drug-likeness (QED) is 0.625. The minimum Gasteiger partial charge on any atom is -0.385 e. The highest BCUT2D eigenvalue weighted by molar-refractivity contribution is 6.03. The Bertz CT molecular complexity index is 738. The minimum absolute atomic E-state index is 0.0737. The lowest BCUT2D eigenvalue weighted by Crippen LogP contribution is -2.54. The Balaban J connectivity index is 1.68. The summed E-state index contributed by atoms with van der Waals surface area (Å²) in [4.78, 5) is 16.3. The average molecular weight is 384 g/mol. The molecule has 1 saturated carbocycles. The summed E-state index contributed by atoms with van der Waals surface area (Å²) in [5.41, 5.74) is 5.18. The lowest BCUT2D eigenvalue weighted by molar-refractivity contribution is 0.0642. The van der Waals surface area contributed by atoms with Crippen LogP contribution in [0.3, 0.4) is 0 Å². The van der Waals surface area contributed by atoms with E-state index in [1.54, 1.807) is 7.11 Å². The van der Waals surface area contributed by atoms with Crippen LogP contribution in [0, 0.1) is 18.8 Å². The van der Waals surface area contributed by atoms with Gasteiger partial charge in [-0.25, -0.2) is 0 Å². The van der Waals surface area contributed by atoms with E-state index in [9.17, 15) is 4.79 Å². The van der Waals surface area contributed by atoms with Gasteiger partial charge >= 0.3 is 0 Å². The third-order valence-electron chi connectivity index (χ3n) is 7.87. The SMILES string of the molecule is COCCCCc1cc2c(cc1C)[C@@]1(C)CCCN(CC3CC3)[C@H](C2=O)[C@@H]1C. The van der Waals surface area contributed by atoms with E-state index >= 15 is 0 Å². The highest BCUT2D eigenvalue weighted by Gasteiger charge is 2.51. The van der Waals surface area contributed by atoms with E-state index in [1.807, 2.05) is 0 Å². The lowest BCUT2D eigenvalue weighted by Gasteiger charge is -2.46. The number of hydrogen-bond donors (Lipinski definition) is 0. The molecule has 0 radical (unpaired) electrons. The van der Waals surface area contributed by atoms with Gasteiger partial charge in [0.15, 0.2) is 5.78 Å². The van der Waals surface area contributed by atoms with Crippen LogP contribution in [0.1, 0.15) is 79.4 Å². The Morgan fingerprint density at radius 1 is 1.25 bits per heavy atom. The summed E-state index contributed by atoms with van der Waals surface area (Å²) in [6, 6.07) is 4.70. The summed E-state index contributed by atoms with van der Waals surface area (Å²) in [7, 11) is 1.76. The zero-order valence-electron chi connectivity index (χ0n) is 18.2. The highest BCUT2D eigenvalue weighted by Crippen LogP contribution is 2.49. The molecule has 3 heteroatoms. The molecular weight excluding hydrogens is 346 g/mol. The monoisotopic (exact) mass is 383 g/mol. The molecule has 28 heavy (non-hydrogen) atoms. The molecule has 0 N–H and O–H groups in total. The van der Waals surface area contributed by atoms with Gasteiger partial charge < -0.3 is 4.74 Å². The number of nitrogens with zero attached hydrogens (tertiary/aromatic N) is 1. The molecule has 1 aliphatic heterocycles. The van der Waals surface area contributed by atoms with Crippen molar-refractivity contribution in [2.24, 2.45) is 11.8 Å². The van der Waals surface area contributed by atoms with Crippen molar-refractivity contribution in [2.45, 2.75) is 77.2 Å². The molecule has 2 bridgehead atoms. The average Bonchev–Trinajstić information content (AvgIpc) is 3.49. The van der Waals surface area contributed by atoms with E-state index in [1.165, 1.54) is 42.4 Å². The second kappa shape index (κ2) is 7.91. The number of methoxy groups -OCH3 is 1. The molecule has 3 aliphatic rings. The van der Waals surface area contributed by atoms with E-state index < -0.39 is 0 Å². The molecule has 1 aromatic carbocycles. The summed E-state index contributed by atoms with van der Waals surface area (Å²) in [6.07, 6.45) is 8.33. The van der Waals surface area contributed by atoms with Gasteiger partial charge in [-0.3, -0.25) is 9.69 Å². The van der Waals surface area contributed by atoms with Crippen LogP contribution < -0.4 is 0 Å². The van der Waals surface area contributed by atoms with E-state index in [-0.39, 0.29) is 11.5 Å². The molecule has 0 aromatic heterocycles. The first kappa shape index (κ1) is 20.1. The number of rotatable bonds is 7. The van der Waals surface area contributed by atoms with Crippen molar-refractivity contribution in [1.29, 1.82) is 0 Å². The molecule has 1 heterocycles. The van der Waals surface area contributed by atoms with Gasteiger partial charge in [0.2, 0.25) is 0 Å². The van der Waals surface area contributed by atoms with Crippen molar-refractivity contribution in [3.8, 4) is 0 Å². The molecule has 2 aliphatic carbocycles. The molecule has 0 unspecified atom stereocenters. The van der Waals surface area contributed by atoms with E-state index in [0.717, 1.165) is 50.4 Å². The largest absolute Gasteiger partial charge is 0.385 e. The molecule has 0 amide bonds. The summed E-state index contributed by atoms with van der Waals surface area (Å²) in [5, 5.41) is 0. The molecular formula is C25H37NO2. The van der Waals surface area contributed by atoms with E-state index in [4.69, 9.17) is 4.74 Å². The number of carbonyl (C=O) groups excluding carboxylic acids is 1. The number of ether oxygens (including phenoxy) is 1. The number of aryl methyl sites for hydroxylation is 2. The van der Waals surface area contributed by atoms with Gasteiger partial charge in [0.05, 0.1) is 6.04 Å². The van der Waals surface area contributed by atoms with Gasteiger partial charge in [-0.15, -0.1) is 0 Å². The van der Waals surface area contributed by atoms with Gasteiger partial charge in [0, 0.05) is 25.8 Å². The fraction of sp³-hybridized carbons (Fsp3) is 0.720. The fourth-order valence-electron chi connectivity index (χ4n) is 5.71. The smallest absolute Gasteiger partial charge is 0.180 e. The molecule has 3 nitrogen and oxygen atoms in total. The van der Waals surface area contributed by atoms with E-state index in [2.05, 4.69) is 37.8 Å². The number of carbonyl (C=O) groups is 1. The van der Waals surface area contributed by atoms with Crippen LogP contribution in [0.2, 0.25) is 0 Å². The maximum Gasteiger partial charge on any atom is 0.180 e. The van der Waals surface area contributed by atoms with Gasteiger partial charge in [-0.2, -0.15) is 0 Å². The number of unbranched alkanes of at least 4 members (excludes halogenated alkanes) is 1. The molecule has 3 atom stereocenters. The maximum absolute atomic E-state index is 13.7. The van der Waals surface area contributed by atoms with Crippen LogP contribution in [0.5, 0.6) is 0 Å². The third kappa shape index (κ3) is 3.57. The minimum atomic E-state index is 0.0737. The first-order chi connectivity index (χ1) is 13.5.